The van der Waals surface area contributed by atoms with Crippen LogP contribution in [-0.2, 0) is 0 Å². The van der Waals surface area contributed by atoms with Gasteiger partial charge in [-0.1, -0.05) is 46.4 Å². The molecule has 1 unspecified atom stereocenters. The van der Waals surface area contributed by atoms with Gasteiger partial charge in [-0.25, -0.2) is 0 Å². The molecule has 1 fully saturated rings. The Hall–Kier alpha value is -0.0900. The first-order valence-corrected chi connectivity index (χ1v) is 8.16. The molecule has 1 aliphatic rings. The Morgan fingerprint density at radius 2 is 2.11 bits per heavy atom. The van der Waals surface area contributed by atoms with Gasteiger partial charge < -0.3 is 10.6 Å². The Morgan fingerprint density at radius 3 is 2.74 bits per heavy atom. The summed E-state index contributed by atoms with van der Waals surface area (Å²) in [5.74, 6) is 0. The molecule has 0 aromatic heterocycles. The standard InChI is InChI=1S/C15H22BrClN2/c1-19(12-4-2-3-5-12)9-8-15(18)13-7-6-11(16)10-14(13)17/h6-7,10,12,15H,2-5,8-9,18H2,1H3. The number of nitrogens with two attached hydrogens (primary N) is 1. The molecular formula is C15H22BrClN2. The maximum Gasteiger partial charge on any atom is 0.0464 e. The summed E-state index contributed by atoms with van der Waals surface area (Å²) in [6, 6.07) is 6.71. The molecule has 2 nitrogen and oxygen atoms in total. The number of hydrogen-bond acceptors (Lipinski definition) is 2. The van der Waals surface area contributed by atoms with Crippen molar-refractivity contribution in [1.82, 2.24) is 4.90 Å². The minimum Gasteiger partial charge on any atom is -0.324 e. The van der Waals surface area contributed by atoms with E-state index in [1.807, 2.05) is 18.2 Å². The lowest BCUT2D eigenvalue weighted by atomic mass is 10.0. The van der Waals surface area contributed by atoms with Crippen LogP contribution < -0.4 is 5.73 Å². The van der Waals surface area contributed by atoms with Crippen LogP contribution in [0.1, 0.15) is 43.7 Å². The molecule has 0 radical (unpaired) electrons. The van der Waals surface area contributed by atoms with Crippen LogP contribution in [0.2, 0.25) is 5.02 Å². The Bertz CT molecular complexity index is 419. The molecule has 0 amide bonds. The van der Waals surface area contributed by atoms with Crippen LogP contribution in [0.4, 0.5) is 0 Å². The number of halogens is 2. The van der Waals surface area contributed by atoms with Gasteiger partial charge in [0.2, 0.25) is 0 Å². The summed E-state index contributed by atoms with van der Waals surface area (Å²) in [6.07, 6.45) is 6.38. The molecule has 1 aromatic carbocycles. The predicted octanol–water partition coefficient (Wildman–Crippen LogP) is 4.37. The van der Waals surface area contributed by atoms with E-state index < -0.39 is 0 Å². The van der Waals surface area contributed by atoms with Crippen LogP contribution in [0.5, 0.6) is 0 Å². The Balaban J connectivity index is 1.88. The van der Waals surface area contributed by atoms with Gasteiger partial charge in [0.1, 0.15) is 0 Å². The van der Waals surface area contributed by atoms with Gasteiger partial charge in [0.15, 0.2) is 0 Å². The molecule has 106 valence electrons. The summed E-state index contributed by atoms with van der Waals surface area (Å²) in [6.45, 7) is 1.04. The van der Waals surface area contributed by atoms with Crippen molar-refractivity contribution >= 4 is 27.5 Å². The van der Waals surface area contributed by atoms with Gasteiger partial charge in [-0.15, -0.1) is 0 Å². The van der Waals surface area contributed by atoms with Crippen LogP contribution in [-0.4, -0.2) is 24.5 Å². The van der Waals surface area contributed by atoms with E-state index >= 15 is 0 Å². The smallest absolute Gasteiger partial charge is 0.0464 e. The summed E-state index contributed by atoms with van der Waals surface area (Å²) >= 11 is 9.66. The molecule has 1 aliphatic carbocycles. The Labute approximate surface area is 129 Å². The molecule has 0 heterocycles. The van der Waals surface area contributed by atoms with Gasteiger partial charge in [-0.05, 0) is 50.6 Å². The lowest BCUT2D eigenvalue weighted by molar-refractivity contribution is 0.237. The third-order valence-electron chi connectivity index (χ3n) is 4.10. The van der Waals surface area contributed by atoms with E-state index in [1.54, 1.807) is 0 Å². The van der Waals surface area contributed by atoms with Crippen molar-refractivity contribution < 1.29 is 0 Å². The van der Waals surface area contributed by atoms with Gasteiger partial charge in [0.05, 0.1) is 0 Å². The summed E-state index contributed by atoms with van der Waals surface area (Å²) in [7, 11) is 2.21. The topological polar surface area (TPSA) is 29.3 Å². The van der Waals surface area contributed by atoms with Crippen molar-refractivity contribution in [1.29, 1.82) is 0 Å². The second kappa shape index (κ2) is 7.07. The number of hydrogen-bond donors (Lipinski definition) is 1. The first-order valence-electron chi connectivity index (χ1n) is 6.98. The van der Waals surface area contributed by atoms with Crippen LogP contribution in [0.3, 0.4) is 0 Å². The van der Waals surface area contributed by atoms with Crippen molar-refractivity contribution in [3.05, 3.63) is 33.3 Å². The minimum atomic E-state index is 0.0180. The monoisotopic (exact) mass is 344 g/mol. The SMILES string of the molecule is CN(CCC(N)c1ccc(Br)cc1Cl)C1CCCC1. The second-order valence-corrected chi connectivity index (χ2v) is 6.80. The highest BCUT2D eigenvalue weighted by Crippen LogP contribution is 2.28. The number of nitrogens with zero attached hydrogens (tertiary/aromatic N) is 1. The molecule has 2 rings (SSSR count). The molecule has 1 atom stereocenters. The zero-order chi connectivity index (χ0) is 13.8. The fraction of sp³-hybridized carbons (Fsp3) is 0.600. The largest absolute Gasteiger partial charge is 0.324 e. The van der Waals surface area contributed by atoms with E-state index in [1.165, 1.54) is 25.7 Å². The van der Waals surface area contributed by atoms with Gasteiger partial charge in [0.25, 0.3) is 0 Å². The quantitative estimate of drug-likeness (QED) is 0.858. The predicted molar refractivity (Wildman–Crippen MR) is 85.6 cm³/mol. The van der Waals surface area contributed by atoms with E-state index in [9.17, 15) is 0 Å². The number of rotatable bonds is 5. The van der Waals surface area contributed by atoms with E-state index in [0.29, 0.717) is 0 Å². The summed E-state index contributed by atoms with van der Waals surface area (Å²) in [5.41, 5.74) is 7.31. The van der Waals surface area contributed by atoms with Crippen molar-refractivity contribution in [2.75, 3.05) is 13.6 Å². The number of benzene rings is 1. The Kier molecular flexibility index (Phi) is 5.70. The molecule has 2 N–H and O–H groups in total. The van der Waals surface area contributed by atoms with E-state index in [2.05, 4.69) is 27.9 Å². The first-order chi connectivity index (χ1) is 9.08. The van der Waals surface area contributed by atoms with Gasteiger partial charge in [-0.3, -0.25) is 0 Å². The maximum absolute atomic E-state index is 6.27. The molecular weight excluding hydrogens is 324 g/mol. The second-order valence-electron chi connectivity index (χ2n) is 5.48. The third-order valence-corrected chi connectivity index (χ3v) is 4.92. The van der Waals surface area contributed by atoms with Crippen molar-refractivity contribution in [2.45, 2.75) is 44.2 Å². The molecule has 19 heavy (non-hydrogen) atoms. The van der Waals surface area contributed by atoms with Crippen LogP contribution in [0.15, 0.2) is 22.7 Å². The molecule has 1 aromatic rings. The molecule has 0 aliphatic heterocycles. The zero-order valence-electron chi connectivity index (χ0n) is 11.4. The van der Waals surface area contributed by atoms with Gasteiger partial charge in [0, 0.05) is 21.6 Å². The van der Waals surface area contributed by atoms with Crippen LogP contribution in [0.25, 0.3) is 0 Å². The van der Waals surface area contributed by atoms with E-state index in [4.69, 9.17) is 17.3 Å². The summed E-state index contributed by atoms with van der Waals surface area (Å²) < 4.78 is 0.997. The lowest BCUT2D eigenvalue weighted by Gasteiger charge is -2.25. The van der Waals surface area contributed by atoms with Crippen molar-refractivity contribution in [3.8, 4) is 0 Å². The fourth-order valence-corrected chi connectivity index (χ4v) is 3.64. The molecule has 0 spiro atoms. The molecule has 4 heteroatoms. The maximum atomic E-state index is 6.27. The highest BCUT2D eigenvalue weighted by molar-refractivity contribution is 9.10. The molecule has 0 bridgehead atoms. The van der Waals surface area contributed by atoms with E-state index in [-0.39, 0.29) is 6.04 Å². The normalized spacial score (nSPS) is 18.2. The van der Waals surface area contributed by atoms with Gasteiger partial charge in [-0.2, -0.15) is 0 Å². The average molecular weight is 346 g/mol. The fourth-order valence-electron chi connectivity index (χ4n) is 2.83. The molecule has 0 saturated heterocycles. The van der Waals surface area contributed by atoms with Gasteiger partial charge >= 0.3 is 0 Å². The highest BCUT2D eigenvalue weighted by Gasteiger charge is 2.20. The first kappa shape index (κ1) is 15.3. The van der Waals surface area contributed by atoms with Crippen molar-refractivity contribution in [3.63, 3.8) is 0 Å². The van der Waals surface area contributed by atoms with Crippen molar-refractivity contribution in [2.24, 2.45) is 5.73 Å². The Morgan fingerprint density at radius 1 is 1.42 bits per heavy atom. The highest BCUT2D eigenvalue weighted by atomic mass is 79.9. The minimum absolute atomic E-state index is 0.0180. The van der Waals surface area contributed by atoms with Crippen LogP contribution >= 0.6 is 27.5 Å². The van der Waals surface area contributed by atoms with Crippen LogP contribution in [0, 0.1) is 0 Å². The lowest BCUT2D eigenvalue weighted by Crippen LogP contribution is -2.31. The zero-order valence-corrected chi connectivity index (χ0v) is 13.8. The summed E-state index contributed by atoms with van der Waals surface area (Å²) in [4.78, 5) is 2.46. The third kappa shape index (κ3) is 4.19. The van der Waals surface area contributed by atoms with E-state index in [0.717, 1.165) is 34.1 Å². The molecule has 1 saturated carbocycles. The summed E-state index contributed by atoms with van der Waals surface area (Å²) in [5, 5.41) is 0.755. The average Bonchev–Trinajstić information content (AvgIpc) is 2.89.